The summed E-state index contributed by atoms with van der Waals surface area (Å²) in [5, 5.41) is 34.5. The number of nitrogens with zero attached hydrogens (tertiary/aromatic N) is 5. The molecule has 0 aliphatic rings. The Hall–Kier alpha value is -7.39. The van der Waals surface area contributed by atoms with Crippen LogP contribution in [0.4, 0.5) is 0 Å². The molecule has 0 N–H and O–H groups in total. The summed E-state index contributed by atoms with van der Waals surface area (Å²) in [6.07, 6.45) is 0. The number of benzene rings is 7. The highest BCUT2D eigenvalue weighted by Gasteiger charge is 2.20. The Morgan fingerprint density at radius 1 is 0.360 bits per heavy atom. The van der Waals surface area contributed by atoms with Gasteiger partial charge in [-0.25, -0.2) is 0 Å². The van der Waals surface area contributed by atoms with Crippen molar-refractivity contribution in [3.63, 3.8) is 0 Å². The van der Waals surface area contributed by atoms with Gasteiger partial charge in [0, 0.05) is 27.1 Å². The van der Waals surface area contributed by atoms with Crippen LogP contribution in [-0.2, 0) is 0 Å². The molecule has 5 heteroatoms. The van der Waals surface area contributed by atoms with E-state index < -0.39 is 0 Å². The van der Waals surface area contributed by atoms with E-state index in [2.05, 4.69) is 94.1 Å². The van der Waals surface area contributed by atoms with Crippen LogP contribution < -0.4 is 0 Å². The van der Waals surface area contributed by atoms with Crippen LogP contribution in [0, 0.1) is 34.0 Å². The average Bonchev–Trinajstić information content (AvgIpc) is 3.70. The second-order valence-electron chi connectivity index (χ2n) is 12.3. The zero-order valence-electron chi connectivity index (χ0n) is 26.7. The molecular formula is C45H25N5. The van der Waals surface area contributed by atoms with Crippen molar-refractivity contribution < 1.29 is 0 Å². The van der Waals surface area contributed by atoms with Crippen LogP contribution in [0.25, 0.3) is 77.2 Å². The molecule has 2 heterocycles. The lowest BCUT2D eigenvalue weighted by Crippen LogP contribution is -2.00. The van der Waals surface area contributed by atoms with Crippen molar-refractivity contribution in [1.29, 1.82) is 15.8 Å². The summed E-state index contributed by atoms with van der Waals surface area (Å²) in [6, 6.07) is 57.7. The van der Waals surface area contributed by atoms with Gasteiger partial charge in [0.15, 0.2) is 0 Å². The standard InChI is InChI=1S/C45H25N5/c46-26-29-17-20-33(34-9-1-5-13-41(34)50-42-14-6-2-10-35(42)36-11-3-7-15-43(36)50)38(23-29)31-19-22-40(32(25-31)28-48)49-44-16-8-4-12-37(44)39-24-30(27-47)18-21-45(39)49/h1-25H. The molecule has 230 valence electrons. The largest absolute Gasteiger partial charge is 0.309 e. The van der Waals surface area contributed by atoms with Crippen molar-refractivity contribution in [1.82, 2.24) is 9.13 Å². The van der Waals surface area contributed by atoms with Crippen LogP contribution >= 0.6 is 0 Å². The molecule has 0 bridgehead atoms. The Balaban J connectivity index is 1.27. The number of hydrogen-bond donors (Lipinski definition) is 0. The van der Waals surface area contributed by atoms with E-state index in [1.807, 2.05) is 84.9 Å². The van der Waals surface area contributed by atoms with Gasteiger partial charge in [-0.3, -0.25) is 0 Å². The third kappa shape index (κ3) is 4.31. The molecule has 0 radical (unpaired) electrons. The summed E-state index contributed by atoms with van der Waals surface area (Å²) in [5.41, 5.74) is 11.2. The van der Waals surface area contributed by atoms with Crippen molar-refractivity contribution >= 4 is 43.6 Å². The Morgan fingerprint density at radius 2 is 0.900 bits per heavy atom. The van der Waals surface area contributed by atoms with E-state index >= 15 is 0 Å². The number of aromatic nitrogens is 2. The zero-order chi connectivity index (χ0) is 33.8. The Morgan fingerprint density at radius 3 is 1.56 bits per heavy atom. The SMILES string of the molecule is N#Cc1ccc(-c2ccccc2-n2c3ccccc3c3ccccc32)c(-c2ccc(-n3c4ccccc4c4cc(C#N)ccc43)c(C#N)c2)c1. The minimum absolute atomic E-state index is 0.499. The molecule has 0 fully saturated rings. The van der Waals surface area contributed by atoms with Crippen molar-refractivity contribution in [2.75, 3.05) is 0 Å². The predicted octanol–water partition coefficient (Wildman–Crippen LogP) is 10.8. The maximum Gasteiger partial charge on any atom is 0.101 e. The summed E-state index contributed by atoms with van der Waals surface area (Å²) in [4.78, 5) is 0. The fourth-order valence-electron chi connectivity index (χ4n) is 7.46. The molecular weight excluding hydrogens is 611 g/mol. The lowest BCUT2D eigenvalue weighted by atomic mass is 9.91. The molecule has 9 rings (SSSR count). The third-order valence-electron chi connectivity index (χ3n) is 9.63. The molecule has 0 saturated carbocycles. The first-order valence-electron chi connectivity index (χ1n) is 16.3. The van der Waals surface area contributed by atoms with Gasteiger partial charge in [0.2, 0.25) is 0 Å². The lowest BCUT2D eigenvalue weighted by molar-refractivity contribution is 1.17. The zero-order valence-corrected chi connectivity index (χ0v) is 26.7. The van der Waals surface area contributed by atoms with Crippen LogP contribution in [0.2, 0.25) is 0 Å². The highest BCUT2D eigenvalue weighted by molar-refractivity contribution is 6.11. The van der Waals surface area contributed by atoms with E-state index in [-0.39, 0.29) is 0 Å². The molecule has 0 atom stereocenters. The molecule has 5 nitrogen and oxygen atoms in total. The monoisotopic (exact) mass is 635 g/mol. The molecule has 0 aliphatic carbocycles. The van der Waals surface area contributed by atoms with E-state index in [0.717, 1.165) is 66.5 Å². The van der Waals surface area contributed by atoms with Crippen molar-refractivity contribution in [3.05, 3.63) is 168 Å². The van der Waals surface area contributed by atoms with Crippen LogP contribution in [-0.4, -0.2) is 9.13 Å². The first-order chi connectivity index (χ1) is 24.7. The summed E-state index contributed by atoms with van der Waals surface area (Å²) >= 11 is 0. The maximum absolute atomic E-state index is 10.6. The van der Waals surface area contributed by atoms with Crippen LogP contribution in [0.15, 0.2) is 152 Å². The van der Waals surface area contributed by atoms with Crippen molar-refractivity contribution in [2.24, 2.45) is 0 Å². The topological polar surface area (TPSA) is 81.2 Å². The number of nitriles is 3. The average molecular weight is 636 g/mol. The van der Waals surface area contributed by atoms with Gasteiger partial charge >= 0.3 is 0 Å². The van der Waals surface area contributed by atoms with Gasteiger partial charge in [0.1, 0.15) is 6.07 Å². The molecule has 2 aromatic heterocycles. The lowest BCUT2D eigenvalue weighted by Gasteiger charge is -2.18. The predicted molar refractivity (Wildman–Crippen MR) is 200 cm³/mol. The highest BCUT2D eigenvalue weighted by Crippen LogP contribution is 2.41. The minimum Gasteiger partial charge on any atom is -0.309 e. The first-order valence-corrected chi connectivity index (χ1v) is 16.3. The summed E-state index contributed by atoms with van der Waals surface area (Å²) in [6.45, 7) is 0. The summed E-state index contributed by atoms with van der Waals surface area (Å²) < 4.78 is 4.41. The van der Waals surface area contributed by atoms with Gasteiger partial charge in [0.05, 0.1) is 62.3 Å². The van der Waals surface area contributed by atoms with Crippen LogP contribution in [0.1, 0.15) is 16.7 Å². The van der Waals surface area contributed by atoms with Crippen LogP contribution in [0.5, 0.6) is 0 Å². The number of hydrogen-bond acceptors (Lipinski definition) is 3. The van der Waals surface area contributed by atoms with Crippen LogP contribution in [0.3, 0.4) is 0 Å². The van der Waals surface area contributed by atoms with E-state index in [4.69, 9.17) is 0 Å². The fourth-order valence-corrected chi connectivity index (χ4v) is 7.46. The number of rotatable bonds is 4. The highest BCUT2D eigenvalue weighted by atomic mass is 15.0. The normalized spacial score (nSPS) is 11.1. The van der Waals surface area contributed by atoms with E-state index in [9.17, 15) is 15.8 Å². The quantitative estimate of drug-likeness (QED) is 0.193. The second kappa shape index (κ2) is 11.4. The van der Waals surface area contributed by atoms with E-state index in [0.29, 0.717) is 16.7 Å². The molecule has 0 aliphatic heterocycles. The maximum atomic E-state index is 10.6. The van der Waals surface area contributed by atoms with Gasteiger partial charge in [-0.2, -0.15) is 15.8 Å². The first kappa shape index (κ1) is 28.8. The van der Waals surface area contributed by atoms with Gasteiger partial charge in [0.25, 0.3) is 0 Å². The summed E-state index contributed by atoms with van der Waals surface area (Å²) in [5.74, 6) is 0. The van der Waals surface area contributed by atoms with Crippen molar-refractivity contribution in [2.45, 2.75) is 0 Å². The Kier molecular flexibility index (Phi) is 6.56. The van der Waals surface area contributed by atoms with Gasteiger partial charge in [-0.15, -0.1) is 0 Å². The van der Waals surface area contributed by atoms with Gasteiger partial charge in [-0.1, -0.05) is 84.9 Å². The molecule has 0 spiro atoms. The Bertz CT molecular complexity index is 2920. The molecule has 9 aromatic rings. The molecule has 0 saturated heterocycles. The Labute approximate surface area is 287 Å². The summed E-state index contributed by atoms with van der Waals surface area (Å²) in [7, 11) is 0. The minimum atomic E-state index is 0.499. The second-order valence-corrected chi connectivity index (χ2v) is 12.3. The number of para-hydroxylation sites is 4. The molecule has 0 amide bonds. The van der Waals surface area contributed by atoms with E-state index in [1.54, 1.807) is 0 Å². The molecule has 0 unspecified atom stereocenters. The van der Waals surface area contributed by atoms with Gasteiger partial charge < -0.3 is 9.13 Å². The van der Waals surface area contributed by atoms with E-state index in [1.165, 1.54) is 10.8 Å². The smallest absolute Gasteiger partial charge is 0.101 e. The van der Waals surface area contributed by atoms with Crippen molar-refractivity contribution in [3.8, 4) is 51.8 Å². The van der Waals surface area contributed by atoms with Gasteiger partial charge in [-0.05, 0) is 83.4 Å². The number of fused-ring (bicyclic) bond motifs is 6. The fraction of sp³-hybridized carbons (Fsp3) is 0. The molecule has 7 aromatic carbocycles. The molecule has 50 heavy (non-hydrogen) atoms. The third-order valence-corrected chi connectivity index (χ3v) is 9.63.